The Morgan fingerprint density at radius 2 is 2.00 bits per heavy atom. The summed E-state index contributed by atoms with van der Waals surface area (Å²) in [5, 5.41) is 0. The van der Waals surface area contributed by atoms with Crippen molar-refractivity contribution in [3.8, 4) is 0 Å². The summed E-state index contributed by atoms with van der Waals surface area (Å²) in [5.74, 6) is 0. The van der Waals surface area contributed by atoms with Crippen molar-refractivity contribution in [2.45, 2.75) is 52.3 Å². The first kappa shape index (κ1) is 19.8. The Bertz CT molecular complexity index is 309. The Morgan fingerprint density at radius 3 is 2.55 bits per heavy atom. The fraction of sp³-hybridized carbons (Fsp3) is 0.875. The molecule has 0 aromatic rings. The lowest BCUT2D eigenvalue weighted by Gasteiger charge is -2.37. The summed E-state index contributed by atoms with van der Waals surface area (Å²) in [6.07, 6.45) is 2.84. The fourth-order valence-corrected chi connectivity index (χ4v) is 5.39. The third kappa shape index (κ3) is 6.48. The topological polar surface area (TPSA) is 40.2 Å². The maximum Gasteiger partial charge on any atom is 0.501 e. The SMILES string of the molecule is C=CCN(CC1COCCC[Si](OCC)(OCC)O1)C(C)C. The molecule has 1 aliphatic rings. The van der Waals surface area contributed by atoms with E-state index >= 15 is 0 Å². The first-order valence-corrected chi connectivity index (χ1v) is 10.4. The zero-order valence-electron chi connectivity index (χ0n) is 14.7. The van der Waals surface area contributed by atoms with Gasteiger partial charge in [-0.25, -0.2) is 0 Å². The number of ether oxygens (including phenoxy) is 1. The quantitative estimate of drug-likeness (QED) is 0.480. The van der Waals surface area contributed by atoms with Crippen molar-refractivity contribution in [3.05, 3.63) is 12.7 Å². The molecule has 22 heavy (non-hydrogen) atoms. The molecule has 1 saturated heterocycles. The van der Waals surface area contributed by atoms with Crippen LogP contribution in [0.4, 0.5) is 0 Å². The van der Waals surface area contributed by atoms with E-state index < -0.39 is 8.80 Å². The summed E-state index contributed by atoms with van der Waals surface area (Å²) in [6.45, 7) is 16.4. The number of nitrogens with zero attached hydrogens (tertiary/aromatic N) is 1. The van der Waals surface area contributed by atoms with Crippen LogP contribution in [-0.4, -0.2) is 65.4 Å². The molecule has 0 aliphatic carbocycles. The maximum atomic E-state index is 6.38. The molecule has 0 amide bonds. The van der Waals surface area contributed by atoms with E-state index in [4.69, 9.17) is 18.0 Å². The molecule has 1 heterocycles. The van der Waals surface area contributed by atoms with Crippen molar-refractivity contribution in [1.82, 2.24) is 4.90 Å². The average molecular weight is 332 g/mol. The lowest BCUT2D eigenvalue weighted by Crippen LogP contribution is -2.53. The van der Waals surface area contributed by atoms with Gasteiger partial charge >= 0.3 is 8.80 Å². The molecule has 1 unspecified atom stereocenters. The highest BCUT2D eigenvalue weighted by molar-refractivity contribution is 6.60. The molecule has 0 radical (unpaired) electrons. The molecule has 130 valence electrons. The number of hydrogen-bond donors (Lipinski definition) is 0. The molecule has 0 aromatic carbocycles. The smallest absolute Gasteiger partial charge is 0.379 e. The predicted molar refractivity (Wildman–Crippen MR) is 91.0 cm³/mol. The summed E-state index contributed by atoms with van der Waals surface area (Å²) in [7, 11) is -2.59. The number of hydrogen-bond acceptors (Lipinski definition) is 5. The molecule has 0 spiro atoms. The van der Waals surface area contributed by atoms with Crippen LogP contribution in [-0.2, 0) is 18.0 Å². The minimum absolute atomic E-state index is 0.0209. The van der Waals surface area contributed by atoms with Gasteiger partial charge in [-0.3, -0.25) is 4.90 Å². The maximum absolute atomic E-state index is 6.38. The fourth-order valence-electron chi connectivity index (χ4n) is 2.66. The zero-order valence-corrected chi connectivity index (χ0v) is 15.7. The second-order valence-corrected chi connectivity index (χ2v) is 8.48. The van der Waals surface area contributed by atoms with Crippen molar-refractivity contribution in [2.75, 3.05) is 39.5 Å². The van der Waals surface area contributed by atoms with E-state index in [1.54, 1.807) is 0 Å². The van der Waals surface area contributed by atoms with Crippen LogP contribution in [0.15, 0.2) is 12.7 Å². The standard InChI is InChI=1S/C16H33NO4Si/c1-6-10-17(15(4)5)13-16-14-18-11-9-12-22(21-16,19-7-2)20-8-3/h6,15-16H,1,7-14H2,2-5H3. The highest BCUT2D eigenvalue weighted by Crippen LogP contribution is 2.23. The van der Waals surface area contributed by atoms with Crippen molar-refractivity contribution < 1.29 is 18.0 Å². The van der Waals surface area contributed by atoms with E-state index in [0.717, 1.165) is 32.2 Å². The Morgan fingerprint density at radius 1 is 1.32 bits per heavy atom. The van der Waals surface area contributed by atoms with Crippen LogP contribution in [0.3, 0.4) is 0 Å². The van der Waals surface area contributed by atoms with Crippen LogP contribution in [0.2, 0.25) is 6.04 Å². The Kier molecular flexibility index (Phi) is 9.47. The van der Waals surface area contributed by atoms with E-state index in [1.807, 2.05) is 19.9 Å². The molecule has 0 bridgehead atoms. The Hall–Kier alpha value is -0.243. The normalized spacial score (nSPS) is 22.5. The first-order chi connectivity index (χ1) is 10.6. The van der Waals surface area contributed by atoms with Gasteiger partial charge in [-0.1, -0.05) is 6.08 Å². The molecule has 0 aromatic heterocycles. The van der Waals surface area contributed by atoms with Crippen molar-refractivity contribution in [3.63, 3.8) is 0 Å². The molecule has 0 saturated carbocycles. The van der Waals surface area contributed by atoms with Gasteiger partial charge in [0.15, 0.2) is 0 Å². The summed E-state index contributed by atoms with van der Waals surface area (Å²) in [6, 6.07) is 1.26. The molecular weight excluding hydrogens is 298 g/mol. The second kappa shape index (κ2) is 10.5. The van der Waals surface area contributed by atoms with Gasteiger partial charge in [0.25, 0.3) is 0 Å². The minimum atomic E-state index is -2.59. The highest BCUT2D eigenvalue weighted by atomic mass is 28.4. The van der Waals surface area contributed by atoms with E-state index in [-0.39, 0.29) is 6.10 Å². The van der Waals surface area contributed by atoms with E-state index in [0.29, 0.717) is 25.9 Å². The highest BCUT2D eigenvalue weighted by Gasteiger charge is 2.43. The summed E-state index contributed by atoms with van der Waals surface area (Å²) >= 11 is 0. The van der Waals surface area contributed by atoms with Crippen LogP contribution < -0.4 is 0 Å². The van der Waals surface area contributed by atoms with E-state index in [2.05, 4.69) is 25.3 Å². The van der Waals surface area contributed by atoms with E-state index in [9.17, 15) is 0 Å². The van der Waals surface area contributed by atoms with Gasteiger partial charge in [0.05, 0.1) is 12.7 Å². The molecule has 5 nitrogen and oxygen atoms in total. The van der Waals surface area contributed by atoms with Gasteiger partial charge in [0, 0.05) is 45.0 Å². The van der Waals surface area contributed by atoms with Crippen molar-refractivity contribution in [1.29, 1.82) is 0 Å². The third-order valence-electron chi connectivity index (χ3n) is 3.68. The monoisotopic (exact) mass is 331 g/mol. The van der Waals surface area contributed by atoms with Crippen LogP contribution >= 0.6 is 0 Å². The summed E-state index contributed by atoms with van der Waals surface area (Å²) in [5.41, 5.74) is 0. The Labute approximate surface area is 136 Å². The lowest BCUT2D eigenvalue weighted by molar-refractivity contribution is -0.0380. The van der Waals surface area contributed by atoms with Gasteiger partial charge in [-0.2, -0.15) is 0 Å². The van der Waals surface area contributed by atoms with Crippen LogP contribution in [0, 0.1) is 0 Å². The van der Waals surface area contributed by atoms with Crippen LogP contribution in [0.25, 0.3) is 0 Å². The molecular formula is C16H33NO4Si. The minimum Gasteiger partial charge on any atom is -0.379 e. The van der Waals surface area contributed by atoms with Crippen LogP contribution in [0.5, 0.6) is 0 Å². The van der Waals surface area contributed by atoms with Gasteiger partial charge in [-0.15, -0.1) is 6.58 Å². The molecule has 0 N–H and O–H groups in total. The van der Waals surface area contributed by atoms with Crippen molar-refractivity contribution in [2.24, 2.45) is 0 Å². The van der Waals surface area contributed by atoms with Crippen LogP contribution in [0.1, 0.15) is 34.1 Å². The van der Waals surface area contributed by atoms with Gasteiger partial charge in [-0.05, 0) is 34.1 Å². The van der Waals surface area contributed by atoms with Crippen molar-refractivity contribution >= 4 is 8.80 Å². The molecule has 1 atom stereocenters. The molecule has 1 aliphatic heterocycles. The number of rotatable bonds is 9. The largest absolute Gasteiger partial charge is 0.501 e. The van der Waals surface area contributed by atoms with E-state index in [1.165, 1.54) is 0 Å². The molecule has 6 heteroatoms. The van der Waals surface area contributed by atoms with Gasteiger partial charge in [0.2, 0.25) is 0 Å². The first-order valence-electron chi connectivity index (χ1n) is 8.45. The third-order valence-corrected chi connectivity index (χ3v) is 6.80. The molecule has 1 fully saturated rings. The molecule has 1 rings (SSSR count). The summed E-state index contributed by atoms with van der Waals surface area (Å²) < 4.78 is 24.1. The van der Waals surface area contributed by atoms with Gasteiger partial charge in [0.1, 0.15) is 0 Å². The Balaban J connectivity index is 2.78. The van der Waals surface area contributed by atoms with Gasteiger partial charge < -0.3 is 18.0 Å². The zero-order chi connectivity index (χ0) is 16.4. The summed E-state index contributed by atoms with van der Waals surface area (Å²) in [4.78, 5) is 2.33. The average Bonchev–Trinajstić information content (AvgIpc) is 2.44. The predicted octanol–water partition coefficient (Wildman–Crippen LogP) is 2.70. The lowest BCUT2D eigenvalue weighted by atomic mass is 10.2. The second-order valence-electron chi connectivity index (χ2n) is 5.80.